The smallest absolute Gasteiger partial charge is 0.0511 e. The molecule has 0 bridgehead atoms. The lowest BCUT2D eigenvalue weighted by Gasteiger charge is -2.41. The molecule has 0 spiro atoms. The predicted molar refractivity (Wildman–Crippen MR) is 82.3 cm³/mol. The Morgan fingerprint density at radius 2 is 2.06 bits per heavy atom. The second kappa shape index (κ2) is 5.22. The van der Waals surface area contributed by atoms with Gasteiger partial charge in [0.2, 0.25) is 0 Å². The van der Waals surface area contributed by atoms with Gasteiger partial charge in [-0.2, -0.15) is 0 Å². The molecular weight excluding hydrogens is 288 g/mol. The Morgan fingerprint density at radius 3 is 2.67 bits per heavy atom. The molecule has 1 N–H and O–H groups in total. The zero-order chi connectivity index (χ0) is 13.3. The Morgan fingerprint density at radius 1 is 1.33 bits per heavy atom. The van der Waals surface area contributed by atoms with Gasteiger partial charge < -0.3 is 10.2 Å². The minimum Gasteiger partial charge on any atom is -0.368 e. The van der Waals surface area contributed by atoms with Gasteiger partial charge in [-0.25, -0.2) is 0 Å². The quantitative estimate of drug-likeness (QED) is 0.853. The summed E-state index contributed by atoms with van der Waals surface area (Å²) in [5, 5.41) is 3.63. The number of piperazine rings is 1. The van der Waals surface area contributed by atoms with Gasteiger partial charge in [-0.05, 0) is 46.0 Å². The van der Waals surface area contributed by atoms with Crippen LogP contribution in [0.25, 0.3) is 0 Å². The van der Waals surface area contributed by atoms with Gasteiger partial charge in [-0.3, -0.25) is 0 Å². The van der Waals surface area contributed by atoms with Crippen molar-refractivity contribution in [1.29, 1.82) is 0 Å². The van der Waals surface area contributed by atoms with E-state index in [0.717, 1.165) is 19.6 Å². The molecule has 1 aliphatic heterocycles. The van der Waals surface area contributed by atoms with Crippen molar-refractivity contribution in [2.45, 2.75) is 33.7 Å². The maximum Gasteiger partial charge on any atom is 0.0511 e. The molecule has 0 aromatic heterocycles. The Bertz CT molecular complexity index is 423. The van der Waals surface area contributed by atoms with Gasteiger partial charge >= 0.3 is 0 Å². The Kier molecular flexibility index (Phi) is 4.02. The summed E-state index contributed by atoms with van der Waals surface area (Å²) >= 11 is 3.69. The predicted octanol–water partition coefficient (Wildman–Crippen LogP) is 3.58. The van der Waals surface area contributed by atoms with Crippen molar-refractivity contribution in [2.75, 3.05) is 24.5 Å². The third-order valence-electron chi connectivity index (χ3n) is 3.66. The van der Waals surface area contributed by atoms with Crippen molar-refractivity contribution in [3.63, 3.8) is 0 Å². The Balaban J connectivity index is 2.18. The van der Waals surface area contributed by atoms with Gasteiger partial charge in [-0.15, -0.1) is 0 Å². The van der Waals surface area contributed by atoms with Gasteiger partial charge in [0.25, 0.3) is 0 Å². The molecule has 2 nitrogen and oxygen atoms in total. The highest BCUT2D eigenvalue weighted by atomic mass is 79.9. The molecule has 2 rings (SSSR count). The third-order valence-corrected chi connectivity index (χ3v) is 4.30. The molecule has 1 aliphatic rings. The number of hydrogen-bond acceptors (Lipinski definition) is 2. The number of benzene rings is 1. The van der Waals surface area contributed by atoms with E-state index in [4.69, 9.17) is 0 Å². The monoisotopic (exact) mass is 310 g/mol. The van der Waals surface area contributed by atoms with Crippen LogP contribution in [0.15, 0.2) is 22.7 Å². The number of nitrogens with zero attached hydrogens (tertiary/aromatic N) is 1. The first-order valence-corrected chi connectivity index (χ1v) is 7.42. The molecule has 3 heteroatoms. The van der Waals surface area contributed by atoms with E-state index in [0.29, 0.717) is 11.5 Å². The summed E-state index contributed by atoms with van der Waals surface area (Å²) in [5.74, 6) is 0. The highest BCUT2D eigenvalue weighted by Crippen LogP contribution is 2.30. The normalized spacial score (nSPS) is 21.2. The largest absolute Gasteiger partial charge is 0.368 e. The van der Waals surface area contributed by atoms with Crippen molar-refractivity contribution in [3.8, 4) is 0 Å². The summed E-state index contributed by atoms with van der Waals surface area (Å²) in [6.07, 6.45) is 0. The number of halogens is 1. The lowest BCUT2D eigenvalue weighted by molar-refractivity contribution is 0.254. The molecule has 1 atom stereocenters. The van der Waals surface area contributed by atoms with Crippen LogP contribution in [-0.2, 0) is 0 Å². The summed E-state index contributed by atoms with van der Waals surface area (Å²) < 4.78 is 1.21. The fourth-order valence-electron chi connectivity index (χ4n) is 2.42. The second-order valence-corrected chi connectivity index (χ2v) is 7.13. The molecule has 1 saturated heterocycles. The summed E-state index contributed by atoms with van der Waals surface area (Å²) in [4.78, 5) is 2.48. The number of aryl methyl sites for hydroxylation is 1. The van der Waals surface area contributed by atoms with E-state index in [1.54, 1.807) is 0 Å². The molecule has 1 fully saturated rings. The summed E-state index contributed by atoms with van der Waals surface area (Å²) in [6, 6.07) is 7.15. The fourth-order valence-corrected chi connectivity index (χ4v) is 3.16. The zero-order valence-electron chi connectivity index (χ0n) is 11.8. The van der Waals surface area contributed by atoms with Gasteiger partial charge in [-0.1, -0.05) is 26.8 Å². The molecule has 1 unspecified atom stereocenters. The van der Waals surface area contributed by atoms with E-state index in [-0.39, 0.29) is 0 Å². The summed E-state index contributed by atoms with van der Waals surface area (Å²) in [5.41, 5.74) is 2.92. The van der Waals surface area contributed by atoms with Gasteiger partial charge in [0.05, 0.1) is 5.69 Å². The third kappa shape index (κ3) is 3.07. The molecule has 18 heavy (non-hydrogen) atoms. The van der Waals surface area contributed by atoms with E-state index in [1.807, 2.05) is 0 Å². The van der Waals surface area contributed by atoms with E-state index in [9.17, 15) is 0 Å². The summed E-state index contributed by atoms with van der Waals surface area (Å²) in [6.45, 7) is 12.3. The van der Waals surface area contributed by atoms with Crippen LogP contribution in [0, 0.1) is 12.3 Å². The SMILES string of the molecule is Cc1ccc(N2CCNC(C(C)(C)C)C2)c(Br)c1. The van der Waals surface area contributed by atoms with Crippen molar-refractivity contribution < 1.29 is 0 Å². The molecular formula is C15H23BrN2. The molecule has 0 radical (unpaired) electrons. The maximum absolute atomic E-state index is 3.69. The molecule has 0 aliphatic carbocycles. The number of anilines is 1. The van der Waals surface area contributed by atoms with Crippen molar-refractivity contribution in [3.05, 3.63) is 28.2 Å². The van der Waals surface area contributed by atoms with E-state index >= 15 is 0 Å². The van der Waals surface area contributed by atoms with Crippen LogP contribution in [0.5, 0.6) is 0 Å². The average Bonchev–Trinajstić information content (AvgIpc) is 2.28. The lowest BCUT2D eigenvalue weighted by atomic mass is 9.85. The Labute approximate surface area is 119 Å². The number of nitrogens with one attached hydrogen (secondary N) is 1. The zero-order valence-corrected chi connectivity index (χ0v) is 13.3. The molecule has 0 saturated carbocycles. The number of rotatable bonds is 1. The van der Waals surface area contributed by atoms with Crippen LogP contribution in [0.1, 0.15) is 26.3 Å². The van der Waals surface area contributed by atoms with Crippen LogP contribution in [0.2, 0.25) is 0 Å². The van der Waals surface area contributed by atoms with Crippen molar-refractivity contribution in [2.24, 2.45) is 5.41 Å². The van der Waals surface area contributed by atoms with Crippen molar-refractivity contribution in [1.82, 2.24) is 5.32 Å². The molecule has 0 amide bonds. The lowest BCUT2D eigenvalue weighted by Crippen LogP contribution is -2.56. The van der Waals surface area contributed by atoms with Crippen LogP contribution in [0.3, 0.4) is 0 Å². The van der Waals surface area contributed by atoms with E-state index < -0.39 is 0 Å². The van der Waals surface area contributed by atoms with Crippen molar-refractivity contribution >= 4 is 21.6 Å². The molecule has 1 aromatic carbocycles. The first kappa shape index (κ1) is 13.9. The van der Waals surface area contributed by atoms with Crippen LogP contribution >= 0.6 is 15.9 Å². The molecule has 100 valence electrons. The summed E-state index contributed by atoms with van der Waals surface area (Å²) in [7, 11) is 0. The maximum atomic E-state index is 3.69. The first-order valence-electron chi connectivity index (χ1n) is 6.62. The van der Waals surface area contributed by atoms with Crippen LogP contribution in [-0.4, -0.2) is 25.7 Å². The standard InChI is InChI=1S/C15H23BrN2/c1-11-5-6-13(12(16)9-11)18-8-7-17-14(10-18)15(2,3)4/h5-6,9,14,17H,7-8,10H2,1-4H3. The van der Waals surface area contributed by atoms with Crippen LogP contribution < -0.4 is 10.2 Å². The van der Waals surface area contributed by atoms with Gasteiger partial charge in [0, 0.05) is 30.1 Å². The fraction of sp³-hybridized carbons (Fsp3) is 0.600. The minimum atomic E-state index is 0.301. The van der Waals surface area contributed by atoms with E-state index in [1.165, 1.54) is 15.7 Å². The highest BCUT2D eigenvalue weighted by Gasteiger charge is 2.29. The minimum absolute atomic E-state index is 0.301. The van der Waals surface area contributed by atoms with Gasteiger partial charge in [0.15, 0.2) is 0 Å². The van der Waals surface area contributed by atoms with Gasteiger partial charge in [0.1, 0.15) is 0 Å². The van der Waals surface area contributed by atoms with Crippen LogP contribution in [0.4, 0.5) is 5.69 Å². The molecule has 1 heterocycles. The highest BCUT2D eigenvalue weighted by molar-refractivity contribution is 9.10. The second-order valence-electron chi connectivity index (χ2n) is 6.27. The Hall–Kier alpha value is -0.540. The topological polar surface area (TPSA) is 15.3 Å². The number of hydrogen-bond donors (Lipinski definition) is 1. The first-order chi connectivity index (χ1) is 8.38. The average molecular weight is 311 g/mol. The molecule has 1 aromatic rings. The van der Waals surface area contributed by atoms with E-state index in [2.05, 4.69) is 72.0 Å².